The van der Waals surface area contributed by atoms with Crippen LogP contribution >= 0.6 is 0 Å². The van der Waals surface area contributed by atoms with Crippen molar-refractivity contribution in [3.8, 4) is 0 Å². The zero-order valence-corrected chi connectivity index (χ0v) is 13.2. The summed E-state index contributed by atoms with van der Waals surface area (Å²) in [4.78, 5) is 11.0. The van der Waals surface area contributed by atoms with Gasteiger partial charge in [-0.2, -0.15) is 0 Å². The Morgan fingerprint density at radius 3 is 2.60 bits per heavy atom. The summed E-state index contributed by atoms with van der Waals surface area (Å²) in [5.74, 6) is -0.249. The SMILES string of the molecule is CC(C)=CCC(C)(CC(C)C=O)c1cc(F)ccc1C. The maximum Gasteiger partial charge on any atom is 0.123 e. The highest BCUT2D eigenvalue weighted by Gasteiger charge is 2.29. The van der Waals surface area contributed by atoms with Crippen LogP contribution in [-0.2, 0) is 10.2 Å². The van der Waals surface area contributed by atoms with Gasteiger partial charge >= 0.3 is 0 Å². The molecular weight excluding hydrogens is 251 g/mol. The first kappa shape index (κ1) is 16.6. The van der Waals surface area contributed by atoms with Crippen molar-refractivity contribution in [2.75, 3.05) is 0 Å². The minimum absolute atomic E-state index is 0.0340. The number of carbonyl (C=O) groups is 1. The van der Waals surface area contributed by atoms with Gasteiger partial charge in [-0.25, -0.2) is 4.39 Å². The number of rotatable bonds is 6. The van der Waals surface area contributed by atoms with Crippen LogP contribution in [0.4, 0.5) is 4.39 Å². The maximum atomic E-state index is 13.6. The van der Waals surface area contributed by atoms with Crippen LogP contribution in [0, 0.1) is 18.7 Å². The van der Waals surface area contributed by atoms with Gasteiger partial charge in [-0.3, -0.25) is 0 Å². The highest BCUT2D eigenvalue weighted by Crippen LogP contribution is 2.37. The number of allylic oxidation sites excluding steroid dienone is 2. The lowest BCUT2D eigenvalue weighted by Crippen LogP contribution is -2.26. The van der Waals surface area contributed by atoms with Crippen LogP contribution in [0.3, 0.4) is 0 Å². The van der Waals surface area contributed by atoms with Crippen LogP contribution in [0.15, 0.2) is 29.8 Å². The molecule has 2 atom stereocenters. The molecule has 0 aliphatic rings. The quantitative estimate of drug-likeness (QED) is 0.529. The second kappa shape index (κ2) is 6.83. The second-order valence-electron chi connectivity index (χ2n) is 6.32. The van der Waals surface area contributed by atoms with E-state index in [0.717, 1.165) is 30.3 Å². The molecule has 1 aromatic rings. The van der Waals surface area contributed by atoms with E-state index in [4.69, 9.17) is 0 Å². The van der Waals surface area contributed by atoms with Crippen molar-refractivity contribution < 1.29 is 9.18 Å². The largest absolute Gasteiger partial charge is 0.303 e. The summed E-state index contributed by atoms with van der Waals surface area (Å²) in [6, 6.07) is 4.92. The standard InChI is InChI=1S/C18H25FO/c1-13(2)8-9-18(5,11-14(3)12-20)17-10-16(19)7-6-15(17)4/h6-8,10,12,14H,9,11H2,1-5H3. The fourth-order valence-electron chi connectivity index (χ4n) is 2.74. The van der Waals surface area contributed by atoms with Gasteiger partial charge in [0.25, 0.3) is 0 Å². The van der Waals surface area contributed by atoms with E-state index in [1.54, 1.807) is 6.07 Å². The summed E-state index contributed by atoms with van der Waals surface area (Å²) in [7, 11) is 0. The molecule has 2 heteroatoms. The summed E-state index contributed by atoms with van der Waals surface area (Å²) in [5.41, 5.74) is 3.10. The Bertz CT molecular complexity index is 500. The number of aryl methyl sites for hydroxylation is 1. The Kier molecular flexibility index (Phi) is 5.67. The van der Waals surface area contributed by atoms with Gasteiger partial charge < -0.3 is 4.79 Å². The highest BCUT2D eigenvalue weighted by atomic mass is 19.1. The van der Waals surface area contributed by atoms with Crippen LogP contribution in [0.2, 0.25) is 0 Å². The number of aldehydes is 1. The van der Waals surface area contributed by atoms with Gasteiger partial charge in [0.05, 0.1) is 0 Å². The van der Waals surface area contributed by atoms with Crippen molar-refractivity contribution in [1.29, 1.82) is 0 Å². The minimum atomic E-state index is -0.218. The molecule has 0 aliphatic heterocycles. The van der Waals surface area contributed by atoms with Gasteiger partial charge in [-0.05, 0) is 62.3 Å². The van der Waals surface area contributed by atoms with E-state index in [1.807, 2.05) is 19.9 Å². The van der Waals surface area contributed by atoms with E-state index >= 15 is 0 Å². The first-order valence-electron chi connectivity index (χ1n) is 7.14. The maximum absolute atomic E-state index is 13.6. The molecule has 0 aromatic heterocycles. The molecule has 0 radical (unpaired) electrons. The monoisotopic (exact) mass is 276 g/mol. The fourth-order valence-corrected chi connectivity index (χ4v) is 2.74. The first-order valence-corrected chi connectivity index (χ1v) is 7.14. The van der Waals surface area contributed by atoms with Crippen molar-refractivity contribution in [3.63, 3.8) is 0 Å². The zero-order chi connectivity index (χ0) is 15.3. The number of hydrogen-bond acceptors (Lipinski definition) is 1. The molecule has 1 rings (SSSR count). The zero-order valence-electron chi connectivity index (χ0n) is 13.2. The van der Waals surface area contributed by atoms with Gasteiger partial charge in [-0.15, -0.1) is 0 Å². The van der Waals surface area contributed by atoms with E-state index in [1.165, 1.54) is 11.6 Å². The van der Waals surface area contributed by atoms with Crippen molar-refractivity contribution >= 4 is 6.29 Å². The average molecular weight is 276 g/mol. The van der Waals surface area contributed by atoms with Crippen LogP contribution in [0.5, 0.6) is 0 Å². The molecule has 0 saturated heterocycles. The van der Waals surface area contributed by atoms with Crippen LogP contribution in [-0.4, -0.2) is 6.29 Å². The van der Waals surface area contributed by atoms with Crippen LogP contribution in [0.25, 0.3) is 0 Å². The summed E-state index contributed by atoms with van der Waals surface area (Å²) >= 11 is 0. The molecule has 0 fully saturated rings. The van der Waals surface area contributed by atoms with Gasteiger partial charge in [-0.1, -0.05) is 31.6 Å². The Morgan fingerprint density at radius 1 is 1.40 bits per heavy atom. The predicted octanol–water partition coefficient (Wildman–Crippen LogP) is 4.97. The number of hydrogen-bond donors (Lipinski definition) is 0. The summed E-state index contributed by atoms with van der Waals surface area (Å²) in [5, 5.41) is 0. The number of halogens is 1. The topological polar surface area (TPSA) is 17.1 Å². The summed E-state index contributed by atoms with van der Waals surface area (Å²) in [6.07, 6.45) is 4.69. The molecule has 20 heavy (non-hydrogen) atoms. The van der Waals surface area contributed by atoms with E-state index in [-0.39, 0.29) is 17.2 Å². The van der Waals surface area contributed by atoms with Crippen LogP contribution in [0.1, 0.15) is 51.7 Å². The molecule has 1 nitrogen and oxygen atoms in total. The smallest absolute Gasteiger partial charge is 0.123 e. The Balaban J connectivity index is 3.24. The molecule has 0 heterocycles. The van der Waals surface area contributed by atoms with Crippen molar-refractivity contribution in [2.24, 2.45) is 5.92 Å². The molecular formula is C18H25FO. The Labute approximate surface area is 121 Å². The van der Waals surface area contributed by atoms with E-state index in [9.17, 15) is 9.18 Å². The minimum Gasteiger partial charge on any atom is -0.303 e. The lowest BCUT2D eigenvalue weighted by atomic mass is 9.72. The van der Waals surface area contributed by atoms with Gasteiger partial charge in [0.15, 0.2) is 0 Å². The molecule has 0 saturated carbocycles. The molecule has 0 N–H and O–H groups in total. The lowest BCUT2D eigenvalue weighted by molar-refractivity contribution is -0.111. The molecule has 1 aromatic carbocycles. The molecule has 0 aliphatic carbocycles. The number of benzene rings is 1. The third-order valence-corrected chi connectivity index (χ3v) is 3.82. The van der Waals surface area contributed by atoms with Crippen molar-refractivity contribution in [2.45, 2.75) is 52.9 Å². The first-order chi connectivity index (χ1) is 9.28. The van der Waals surface area contributed by atoms with Crippen molar-refractivity contribution in [1.82, 2.24) is 0 Å². The fraction of sp³-hybridized carbons (Fsp3) is 0.500. The normalized spacial score (nSPS) is 15.3. The number of carbonyl (C=O) groups excluding carboxylic acids is 1. The third-order valence-electron chi connectivity index (χ3n) is 3.82. The third kappa shape index (κ3) is 4.29. The molecule has 0 spiro atoms. The molecule has 110 valence electrons. The molecule has 0 bridgehead atoms. The van der Waals surface area contributed by atoms with Gasteiger partial charge in [0.1, 0.15) is 12.1 Å². The van der Waals surface area contributed by atoms with E-state index in [2.05, 4.69) is 26.8 Å². The second-order valence-corrected chi connectivity index (χ2v) is 6.32. The molecule has 0 amide bonds. The van der Waals surface area contributed by atoms with Gasteiger partial charge in [0, 0.05) is 5.92 Å². The Morgan fingerprint density at radius 2 is 2.05 bits per heavy atom. The van der Waals surface area contributed by atoms with E-state index < -0.39 is 0 Å². The summed E-state index contributed by atoms with van der Waals surface area (Å²) < 4.78 is 13.6. The highest BCUT2D eigenvalue weighted by molar-refractivity contribution is 5.53. The predicted molar refractivity (Wildman–Crippen MR) is 82.4 cm³/mol. The van der Waals surface area contributed by atoms with E-state index in [0.29, 0.717) is 0 Å². The van der Waals surface area contributed by atoms with Crippen molar-refractivity contribution in [3.05, 3.63) is 46.8 Å². The van der Waals surface area contributed by atoms with Gasteiger partial charge in [0.2, 0.25) is 0 Å². The lowest BCUT2D eigenvalue weighted by Gasteiger charge is -2.32. The average Bonchev–Trinajstić information content (AvgIpc) is 2.39. The summed E-state index contributed by atoms with van der Waals surface area (Å²) in [6.45, 7) is 10.2. The Hall–Kier alpha value is -1.44. The molecule has 2 unspecified atom stereocenters. The van der Waals surface area contributed by atoms with Crippen LogP contribution < -0.4 is 0 Å².